The molecule has 1 aliphatic rings. The van der Waals surface area contributed by atoms with E-state index < -0.39 is 8.32 Å². The molecule has 0 bridgehead atoms. The standard InChI is InChI=1S/C19H30O2Si/c1-5-22(6-2,7-3)21-17-12-10-11-16(15-17)18-13-8-9-14-19(18)20-4/h8-9,13-16H,5-7,10-12H2,1-4H3. The van der Waals surface area contributed by atoms with E-state index in [0.717, 1.165) is 12.2 Å². The molecule has 1 aromatic carbocycles. The van der Waals surface area contributed by atoms with Crippen LogP contribution in [0.15, 0.2) is 36.1 Å². The Labute approximate surface area is 136 Å². The van der Waals surface area contributed by atoms with Gasteiger partial charge in [0.25, 0.3) is 0 Å². The molecule has 0 heterocycles. The van der Waals surface area contributed by atoms with E-state index in [2.05, 4.69) is 45.0 Å². The molecule has 0 N–H and O–H groups in total. The third-order valence-corrected chi connectivity index (χ3v) is 9.71. The topological polar surface area (TPSA) is 18.5 Å². The van der Waals surface area contributed by atoms with Gasteiger partial charge in [0, 0.05) is 17.9 Å². The number of hydrogen-bond donors (Lipinski definition) is 0. The van der Waals surface area contributed by atoms with E-state index in [9.17, 15) is 0 Å². The molecule has 2 nitrogen and oxygen atoms in total. The van der Waals surface area contributed by atoms with Crippen molar-refractivity contribution in [3.8, 4) is 5.75 Å². The second-order valence-corrected chi connectivity index (χ2v) is 10.9. The fourth-order valence-electron chi connectivity index (χ4n) is 3.43. The summed E-state index contributed by atoms with van der Waals surface area (Å²) in [6.07, 6.45) is 5.85. The molecule has 22 heavy (non-hydrogen) atoms. The largest absolute Gasteiger partial charge is 0.547 e. The summed E-state index contributed by atoms with van der Waals surface area (Å²) in [5.41, 5.74) is 1.29. The summed E-state index contributed by atoms with van der Waals surface area (Å²) in [6, 6.07) is 12.0. The lowest BCUT2D eigenvalue weighted by Crippen LogP contribution is -2.35. The van der Waals surface area contributed by atoms with Crippen molar-refractivity contribution in [3.05, 3.63) is 41.7 Å². The lowest BCUT2D eigenvalue weighted by molar-refractivity contribution is 0.357. The lowest BCUT2D eigenvalue weighted by Gasteiger charge is -2.33. The summed E-state index contributed by atoms with van der Waals surface area (Å²) in [5, 5.41) is 0. The summed E-state index contributed by atoms with van der Waals surface area (Å²) >= 11 is 0. The van der Waals surface area contributed by atoms with Crippen molar-refractivity contribution in [2.75, 3.05) is 7.11 Å². The van der Waals surface area contributed by atoms with Gasteiger partial charge < -0.3 is 9.16 Å². The van der Waals surface area contributed by atoms with E-state index in [-0.39, 0.29) is 0 Å². The van der Waals surface area contributed by atoms with Crippen LogP contribution in [0.2, 0.25) is 18.1 Å². The van der Waals surface area contributed by atoms with Gasteiger partial charge in [0.05, 0.1) is 12.9 Å². The van der Waals surface area contributed by atoms with Gasteiger partial charge in [0.2, 0.25) is 8.32 Å². The van der Waals surface area contributed by atoms with Gasteiger partial charge in [-0.2, -0.15) is 0 Å². The van der Waals surface area contributed by atoms with E-state index in [1.165, 1.54) is 42.3 Å². The molecule has 1 aromatic rings. The van der Waals surface area contributed by atoms with Crippen molar-refractivity contribution < 1.29 is 9.16 Å². The summed E-state index contributed by atoms with van der Waals surface area (Å²) in [5.74, 6) is 2.66. The molecule has 0 radical (unpaired) electrons. The van der Waals surface area contributed by atoms with E-state index in [4.69, 9.17) is 9.16 Å². The van der Waals surface area contributed by atoms with Crippen LogP contribution < -0.4 is 4.74 Å². The van der Waals surface area contributed by atoms with E-state index >= 15 is 0 Å². The first-order chi connectivity index (χ1) is 10.7. The molecule has 3 heteroatoms. The van der Waals surface area contributed by atoms with Gasteiger partial charge in [0.15, 0.2) is 0 Å². The van der Waals surface area contributed by atoms with Crippen molar-refractivity contribution in [3.63, 3.8) is 0 Å². The van der Waals surface area contributed by atoms with Gasteiger partial charge in [-0.1, -0.05) is 39.0 Å². The van der Waals surface area contributed by atoms with Gasteiger partial charge in [-0.3, -0.25) is 0 Å². The molecule has 0 aromatic heterocycles. The molecular weight excluding hydrogens is 288 g/mol. The minimum Gasteiger partial charge on any atom is -0.547 e. The molecule has 1 aliphatic carbocycles. The Bertz CT molecular complexity index is 498. The highest BCUT2D eigenvalue weighted by Gasteiger charge is 2.32. The number of methoxy groups -OCH3 is 1. The molecule has 2 rings (SSSR count). The first kappa shape index (κ1) is 17.1. The van der Waals surface area contributed by atoms with Crippen molar-refractivity contribution in [1.29, 1.82) is 0 Å². The summed E-state index contributed by atoms with van der Waals surface area (Å²) < 4.78 is 12.1. The Balaban J connectivity index is 2.22. The molecule has 0 amide bonds. The number of hydrogen-bond acceptors (Lipinski definition) is 2. The Hall–Kier alpha value is -1.22. The third kappa shape index (κ3) is 3.75. The quantitative estimate of drug-likeness (QED) is 0.585. The van der Waals surface area contributed by atoms with Gasteiger partial charge in [0.1, 0.15) is 5.75 Å². The maximum absolute atomic E-state index is 6.61. The smallest absolute Gasteiger partial charge is 0.250 e. The first-order valence-electron chi connectivity index (χ1n) is 8.70. The van der Waals surface area contributed by atoms with E-state index in [0.29, 0.717) is 5.92 Å². The Morgan fingerprint density at radius 1 is 1.09 bits per heavy atom. The van der Waals surface area contributed by atoms with Crippen molar-refractivity contribution in [2.45, 2.75) is 64.1 Å². The number of rotatable bonds is 7. The number of benzene rings is 1. The van der Waals surface area contributed by atoms with Gasteiger partial charge >= 0.3 is 0 Å². The van der Waals surface area contributed by atoms with Crippen LogP contribution in [0, 0.1) is 0 Å². The normalized spacial score (nSPS) is 18.7. The zero-order chi connectivity index (χ0) is 16.0. The zero-order valence-electron chi connectivity index (χ0n) is 14.5. The molecule has 122 valence electrons. The first-order valence-corrected chi connectivity index (χ1v) is 11.2. The van der Waals surface area contributed by atoms with Gasteiger partial charge in [-0.15, -0.1) is 0 Å². The van der Waals surface area contributed by atoms with Crippen LogP contribution in [0.3, 0.4) is 0 Å². The minimum atomic E-state index is -1.56. The average Bonchev–Trinajstić information content (AvgIpc) is 2.60. The minimum absolute atomic E-state index is 0.428. The molecule has 0 saturated carbocycles. The molecule has 0 spiro atoms. The van der Waals surface area contributed by atoms with Crippen LogP contribution in [0.25, 0.3) is 0 Å². The molecular formula is C19H30O2Si. The van der Waals surface area contributed by atoms with Crippen LogP contribution in [-0.4, -0.2) is 15.4 Å². The van der Waals surface area contributed by atoms with Crippen molar-refractivity contribution >= 4 is 8.32 Å². The van der Waals surface area contributed by atoms with Crippen molar-refractivity contribution in [2.24, 2.45) is 0 Å². The highest BCUT2D eigenvalue weighted by Crippen LogP contribution is 2.38. The van der Waals surface area contributed by atoms with Crippen molar-refractivity contribution in [1.82, 2.24) is 0 Å². The lowest BCUT2D eigenvalue weighted by atomic mass is 9.88. The third-order valence-electron chi connectivity index (χ3n) is 5.14. The SMILES string of the molecule is CC[Si](CC)(CC)OC1=CC(c2ccccc2OC)CCC1. The summed E-state index contributed by atoms with van der Waals surface area (Å²) in [7, 11) is 0.199. The highest BCUT2D eigenvalue weighted by molar-refractivity contribution is 6.73. The highest BCUT2D eigenvalue weighted by atomic mass is 28.4. The summed E-state index contributed by atoms with van der Waals surface area (Å²) in [4.78, 5) is 0. The Morgan fingerprint density at radius 2 is 1.77 bits per heavy atom. The molecule has 0 saturated heterocycles. The maximum atomic E-state index is 6.61. The average molecular weight is 319 g/mol. The molecule has 0 fully saturated rings. The van der Waals surface area contributed by atoms with Crippen LogP contribution in [0.4, 0.5) is 0 Å². The zero-order valence-corrected chi connectivity index (χ0v) is 15.5. The Kier molecular flexibility index (Phi) is 6.13. The second kappa shape index (κ2) is 7.86. The number of allylic oxidation sites excluding steroid dienone is 2. The maximum Gasteiger partial charge on any atom is 0.250 e. The van der Waals surface area contributed by atoms with Crippen LogP contribution in [-0.2, 0) is 4.43 Å². The van der Waals surface area contributed by atoms with Crippen LogP contribution in [0.5, 0.6) is 5.75 Å². The predicted molar refractivity (Wildman–Crippen MR) is 96.0 cm³/mol. The number of ether oxygens (including phenoxy) is 1. The monoisotopic (exact) mass is 318 g/mol. The number of para-hydroxylation sites is 1. The molecule has 1 atom stereocenters. The fraction of sp³-hybridized carbons (Fsp3) is 0.579. The predicted octanol–water partition coefficient (Wildman–Crippen LogP) is 5.87. The second-order valence-electron chi connectivity index (χ2n) is 6.22. The molecule has 1 unspecified atom stereocenters. The van der Waals surface area contributed by atoms with Crippen LogP contribution >= 0.6 is 0 Å². The van der Waals surface area contributed by atoms with Crippen LogP contribution in [0.1, 0.15) is 51.5 Å². The Morgan fingerprint density at radius 3 is 2.41 bits per heavy atom. The van der Waals surface area contributed by atoms with E-state index in [1.54, 1.807) is 7.11 Å². The molecule has 0 aliphatic heterocycles. The fourth-order valence-corrected chi connectivity index (χ4v) is 6.09. The van der Waals surface area contributed by atoms with Gasteiger partial charge in [-0.05, 0) is 43.1 Å². The van der Waals surface area contributed by atoms with Gasteiger partial charge in [-0.25, -0.2) is 0 Å². The van der Waals surface area contributed by atoms with E-state index in [1.807, 2.05) is 6.07 Å². The summed E-state index contributed by atoms with van der Waals surface area (Å²) in [6.45, 7) is 6.88.